The fourth-order valence-corrected chi connectivity index (χ4v) is 3.74. The lowest BCUT2D eigenvalue weighted by Gasteiger charge is -2.13. The lowest BCUT2D eigenvalue weighted by molar-refractivity contribution is 0.102. The van der Waals surface area contributed by atoms with Gasteiger partial charge in [0.05, 0.1) is 15.2 Å². The number of carbonyl (C=O) groups is 1. The van der Waals surface area contributed by atoms with Crippen LogP contribution in [-0.4, -0.2) is 15.9 Å². The van der Waals surface area contributed by atoms with Crippen molar-refractivity contribution >= 4 is 56.9 Å². The van der Waals surface area contributed by atoms with Crippen molar-refractivity contribution < 1.29 is 4.79 Å². The summed E-state index contributed by atoms with van der Waals surface area (Å²) >= 11 is 3.05. The van der Waals surface area contributed by atoms with E-state index in [-0.39, 0.29) is 23.7 Å². The number of nitrogens with one attached hydrogen (secondary N) is 1. The van der Waals surface area contributed by atoms with Crippen LogP contribution in [0.1, 0.15) is 41.3 Å². The van der Waals surface area contributed by atoms with Crippen LogP contribution in [0.2, 0.25) is 0 Å². The molecule has 0 saturated carbocycles. The standard InChI is InChI=1S/C16H18N4OS2.ClH/c1-16(2,3)15-20-10-5-4-9(6-12(10)23-15)18-14(21)11-8-22-13(7-17)19-11;/h4-6,8H,7,17H2,1-3H3,(H,18,21);1H. The molecule has 0 bridgehead atoms. The van der Waals surface area contributed by atoms with Crippen LogP contribution in [0.5, 0.6) is 0 Å². The van der Waals surface area contributed by atoms with Crippen molar-refractivity contribution in [2.24, 2.45) is 5.73 Å². The van der Waals surface area contributed by atoms with Crippen molar-refractivity contribution in [2.75, 3.05) is 5.32 Å². The maximum absolute atomic E-state index is 12.2. The molecule has 0 unspecified atom stereocenters. The van der Waals surface area contributed by atoms with Gasteiger partial charge in [-0.15, -0.1) is 35.1 Å². The number of nitrogens with two attached hydrogens (primary N) is 1. The van der Waals surface area contributed by atoms with E-state index in [9.17, 15) is 4.79 Å². The SMILES string of the molecule is CC(C)(C)c1nc2ccc(NC(=O)c3csc(CN)n3)cc2s1.Cl. The third-order valence-electron chi connectivity index (χ3n) is 3.25. The van der Waals surface area contributed by atoms with Crippen LogP contribution in [0.3, 0.4) is 0 Å². The van der Waals surface area contributed by atoms with E-state index >= 15 is 0 Å². The number of rotatable bonds is 3. The molecule has 2 heterocycles. The zero-order valence-electron chi connectivity index (χ0n) is 13.6. The van der Waals surface area contributed by atoms with E-state index in [1.807, 2.05) is 18.2 Å². The summed E-state index contributed by atoms with van der Waals surface area (Å²) in [5.74, 6) is -0.221. The number of benzene rings is 1. The first-order valence-electron chi connectivity index (χ1n) is 7.24. The molecule has 1 aromatic carbocycles. The second-order valence-corrected chi connectivity index (χ2v) is 8.21. The fourth-order valence-electron chi connectivity index (χ4n) is 2.03. The summed E-state index contributed by atoms with van der Waals surface area (Å²) in [6.45, 7) is 6.78. The number of hydrogen-bond acceptors (Lipinski definition) is 6. The molecular formula is C16H19ClN4OS2. The Hall–Kier alpha value is -1.54. The van der Waals surface area contributed by atoms with Crippen molar-refractivity contribution in [3.63, 3.8) is 0 Å². The number of fused-ring (bicyclic) bond motifs is 1. The molecular weight excluding hydrogens is 364 g/mol. The molecule has 3 aromatic rings. The second kappa shape index (κ2) is 7.14. The Kier molecular flexibility index (Phi) is 5.59. The topological polar surface area (TPSA) is 80.9 Å². The van der Waals surface area contributed by atoms with Crippen LogP contribution >= 0.6 is 35.1 Å². The van der Waals surface area contributed by atoms with E-state index in [1.54, 1.807) is 16.7 Å². The summed E-state index contributed by atoms with van der Waals surface area (Å²) in [5.41, 5.74) is 7.64. The van der Waals surface area contributed by atoms with Gasteiger partial charge in [-0.2, -0.15) is 0 Å². The quantitative estimate of drug-likeness (QED) is 0.711. The molecule has 24 heavy (non-hydrogen) atoms. The third kappa shape index (κ3) is 3.92. The second-order valence-electron chi connectivity index (χ2n) is 6.24. The monoisotopic (exact) mass is 382 g/mol. The molecule has 0 atom stereocenters. The first kappa shape index (κ1) is 18.8. The Bertz CT molecular complexity index is 866. The molecule has 0 spiro atoms. The Morgan fingerprint density at radius 2 is 2.04 bits per heavy atom. The van der Waals surface area contributed by atoms with Crippen LogP contribution in [0.15, 0.2) is 23.6 Å². The van der Waals surface area contributed by atoms with Gasteiger partial charge >= 0.3 is 0 Å². The number of amides is 1. The Labute approximate surface area is 154 Å². The summed E-state index contributed by atoms with van der Waals surface area (Å²) in [6, 6.07) is 5.75. The van der Waals surface area contributed by atoms with Gasteiger partial charge in [0.25, 0.3) is 5.91 Å². The number of thiazole rings is 2. The highest BCUT2D eigenvalue weighted by Crippen LogP contribution is 2.32. The minimum atomic E-state index is -0.221. The predicted molar refractivity (Wildman–Crippen MR) is 104 cm³/mol. The van der Waals surface area contributed by atoms with E-state index in [2.05, 4.69) is 36.1 Å². The number of halogens is 1. The number of carbonyl (C=O) groups excluding carboxylic acids is 1. The summed E-state index contributed by atoms with van der Waals surface area (Å²) in [5, 5.41) is 6.44. The van der Waals surface area contributed by atoms with Crippen molar-refractivity contribution in [3.8, 4) is 0 Å². The average molecular weight is 383 g/mol. The fraction of sp³-hybridized carbons (Fsp3) is 0.312. The molecule has 1 amide bonds. The van der Waals surface area contributed by atoms with Crippen LogP contribution in [0.4, 0.5) is 5.69 Å². The highest BCUT2D eigenvalue weighted by atomic mass is 35.5. The van der Waals surface area contributed by atoms with Gasteiger partial charge in [-0.25, -0.2) is 9.97 Å². The number of aromatic nitrogens is 2. The van der Waals surface area contributed by atoms with Gasteiger partial charge in [0.1, 0.15) is 10.7 Å². The predicted octanol–water partition coefficient (Wildman–Crippen LogP) is 4.18. The molecule has 0 aliphatic heterocycles. The summed E-state index contributed by atoms with van der Waals surface area (Å²) in [7, 11) is 0. The average Bonchev–Trinajstić information content (AvgIpc) is 3.12. The molecule has 8 heteroatoms. The number of hydrogen-bond donors (Lipinski definition) is 2. The van der Waals surface area contributed by atoms with Crippen molar-refractivity contribution in [3.05, 3.63) is 39.3 Å². The third-order valence-corrected chi connectivity index (χ3v) is 5.56. The van der Waals surface area contributed by atoms with Crippen LogP contribution in [0.25, 0.3) is 10.2 Å². The van der Waals surface area contributed by atoms with Gasteiger partial charge in [-0.3, -0.25) is 4.79 Å². The Morgan fingerprint density at radius 3 is 2.67 bits per heavy atom. The molecule has 3 N–H and O–H groups in total. The molecule has 5 nitrogen and oxygen atoms in total. The van der Waals surface area contributed by atoms with E-state index in [0.717, 1.165) is 25.9 Å². The van der Waals surface area contributed by atoms with Gasteiger partial charge in [0, 0.05) is 23.0 Å². The normalized spacial score (nSPS) is 11.3. The van der Waals surface area contributed by atoms with Crippen LogP contribution in [-0.2, 0) is 12.0 Å². The lowest BCUT2D eigenvalue weighted by Crippen LogP contribution is -2.12. The first-order chi connectivity index (χ1) is 10.9. The largest absolute Gasteiger partial charge is 0.325 e. The molecule has 0 radical (unpaired) electrons. The Balaban J connectivity index is 0.00000208. The molecule has 0 aliphatic carbocycles. The first-order valence-corrected chi connectivity index (χ1v) is 8.93. The van der Waals surface area contributed by atoms with Gasteiger partial charge in [-0.1, -0.05) is 20.8 Å². The van der Waals surface area contributed by atoms with Gasteiger partial charge < -0.3 is 11.1 Å². The van der Waals surface area contributed by atoms with Gasteiger partial charge in [-0.05, 0) is 18.2 Å². The van der Waals surface area contributed by atoms with E-state index in [1.165, 1.54) is 11.3 Å². The maximum Gasteiger partial charge on any atom is 0.275 e. The zero-order valence-corrected chi connectivity index (χ0v) is 16.1. The van der Waals surface area contributed by atoms with Crippen molar-refractivity contribution in [2.45, 2.75) is 32.7 Å². The number of nitrogens with zero attached hydrogens (tertiary/aromatic N) is 2. The van der Waals surface area contributed by atoms with Gasteiger partial charge in [0.15, 0.2) is 0 Å². The summed E-state index contributed by atoms with van der Waals surface area (Å²) in [4.78, 5) is 21.1. The summed E-state index contributed by atoms with van der Waals surface area (Å²) < 4.78 is 1.06. The minimum absolute atomic E-state index is 0. The number of anilines is 1. The van der Waals surface area contributed by atoms with Gasteiger partial charge in [0.2, 0.25) is 0 Å². The minimum Gasteiger partial charge on any atom is -0.325 e. The molecule has 2 aromatic heterocycles. The maximum atomic E-state index is 12.2. The van der Waals surface area contributed by atoms with Crippen LogP contribution in [0, 0.1) is 0 Å². The smallest absolute Gasteiger partial charge is 0.275 e. The van der Waals surface area contributed by atoms with Crippen LogP contribution < -0.4 is 11.1 Å². The molecule has 128 valence electrons. The lowest BCUT2D eigenvalue weighted by atomic mass is 9.98. The van der Waals surface area contributed by atoms with E-state index in [4.69, 9.17) is 5.73 Å². The molecule has 0 aliphatic rings. The highest BCUT2D eigenvalue weighted by Gasteiger charge is 2.19. The van der Waals surface area contributed by atoms with Crippen molar-refractivity contribution in [1.82, 2.24) is 9.97 Å². The zero-order chi connectivity index (χ0) is 16.6. The highest BCUT2D eigenvalue weighted by molar-refractivity contribution is 7.18. The van der Waals surface area contributed by atoms with E-state index in [0.29, 0.717) is 12.2 Å². The molecule has 0 fully saturated rings. The molecule has 3 rings (SSSR count). The molecule has 0 saturated heterocycles. The van der Waals surface area contributed by atoms with Crippen molar-refractivity contribution in [1.29, 1.82) is 0 Å². The van der Waals surface area contributed by atoms with E-state index < -0.39 is 0 Å². The Morgan fingerprint density at radius 1 is 1.29 bits per heavy atom. The summed E-state index contributed by atoms with van der Waals surface area (Å²) in [6.07, 6.45) is 0.